The maximum absolute atomic E-state index is 12.3. The molecule has 1 amide bonds. The number of H-pyrrole nitrogens is 1. The molecule has 0 unspecified atom stereocenters. The van der Waals surface area contributed by atoms with Crippen LogP contribution < -0.4 is 14.8 Å². The largest absolute Gasteiger partial charge is 0.454 e. The Kier molecular flexibility index (Phi) is 4.41. The Labute approximate surface area is 159 Å². The number of aromatic nitrogens is 2. The summed E-state index contributed by atoms with van der Waals surface area (Å²) in [5, 5.41) is 3.30. The quantitative estimate of drug-likeness (QED) is 0.657. The molecule has 7 nitrogen and oxygen atoms in total. The van der Waals surface area contributed by atoms with Crippen molar-refractivity contribution in [3.8, 4) is 11.5 Å². The Bertz CT molecular complexity index is 1040. The van der Waals surface area contributed by atoms with Crippen molar-refractivity contribution >= 4 is 28.2 Å². The van der Waals surface area contributed by atoms with Crippen molar-refractivity contribution < 1.29 is 19.1 Å². The number of ketones is 1. The molecule has 2 aromatic heterocycles. The van der Waals surface area contributed by atoms with Crippen LogP contribution in [0.15, 0.2) is 30.5 Å². The minimum atomic E-state index is -0.328. The van der Waals surface area contributed by atoms with Gasteiger partial charge < -0.3 is 14.5 Å². The number of Topliss-reactive ketones (excluding diaryl/α,β-unsaturated/α-hetero) is 1. The Morgan fingerprint density at radius 2 is 2.07 bits per heavy atom. The van der Waals surface area contributed by atoms with Crippen molar-refractivity contribution in [1.29, 1.82) is 0 Å². The minimum absolute atomic E-state index is 0.0959. The third kappa shape index (κ3) is 3.56. The highest BCUT2D eigenvalue weighted by molar-refractivity contribution is 7.15. The molecule has 0 aliphatic carbocycles. The third-order valence-corrected chi connectivity index (χ3v) is 5.32. The van der Waals surface area contributed by atoms with Gasteiger partial charge in [0.25, 0.3) is 5.91 Å². The van der Waals surface area contributed by atoms with E-state index in [2.05, 4.69) is 15.3 Å². The Morgan fingerprint density at radius 1 is 1.26 bits per heavy atom. The molecule has 3 aromatic rings. The summed E-state index contributed by atoms with van der Waals surface area (Å²) in [6.07, 6.45) is 2.21. The van der Waals surface area contributed by atoms with E-state index in [9.17, 15) is 9.59 Å². The smallest absolute Gasteiger partial charge is 0.273 e. The number of benzene rings is 1. The molecule has 0 atom stereocenters. The molecule has 2 N–H and O–H groups in total. The topological polar surface area (TPSA) is 93.3 Å². The summed E-state index contributed by atoms with van der Waals surface area (Å²) in [7, 11) is 0. The van der Waals surface area contributed by atoms with Gasteiger partial charge in [0.1, 0.15) is 5.69 Å². The number of nitrogens with one attached hydrogen (secondary N) is 2. The highest BCUT2D eigenvalue weighted by Crippen LogP contribution is 2.34. The van der Waals surface area contributed by atoms with Crippen LogP contribution >= 0.6 is 11.3 Å². The fraction of sp³-hybridized carbons (Fsp3) is 0.211. The SMILES string of the molecule is CC(=O)c1c[nH]c(C(=O)Nc2nc(C)c(Cc3ccc4c(c3)OCO4)s2)c1. The lowest BCUT2D eigenvalue weighted by molar-refractivity contribution is 0.101. The molecule has 0 spiro atoms. The zero-order chi connectivity index (χ0) is 19.0. The van der Waals surface area contributed by atoms with Gasteiger partial charge in [-0.15, -0.1) is 11.3 Å². The molecule has 0 bridgehead atoms. The van der Waals surface area contributed by atoms with Crippen LogP contribution in [-0.2, 0) is 6.42 Å². The lowest BCUT2D eigenvalue weighted by atomic mass is 10.1. The van der Waals surface area contributed by atoms with Crippen LogP contribution in [0.5, 0.6) is 11.5 Å². The zero-order valence-electron chi connectivity index (χ0n) is 14.8. The van der Waals surface area contributed by atoms with Crippen molar-refractivity contribution in [3.63, 3.8) is 0 Å². The van der Waals surface area contributed by atoms with E-state index in [4.69, 9.17) is 9.47 Å². The van der Waals surface area contributed by atoms with Crippen LogP contribution in [-0.4, -0.2) is 28.5 Å². The first-order valence-electron chi connectivity index (χ1n) is 8.35. The lowest BCUT2D eigenvalue weighted by Crippen LogP contribution is -2.11. The Balaban J connectivity index is 1.47. The molecule has 1 aliphatic rings. The van der Waals surface area contributed by atoms with Crippen LogP contribution in [0.25, 0.3) is 0 Å². The van der Waals surface area contributed by atoms with Crippen molar-refractivity contribution in [1.82, 2.24) is 9.97 Å². The zero-order valence-corrected chi connectivity index (χ0v) is 15.6. The summed E-state index contributed by atoms with van der Waals surface area (Å²) in [5.41, 5.74) is 2.74. The number of anilines is 1. The molecule has 27 heavy (non-hydrogen) atoms. The van der Waals surface area contributed by atoms with Gasteiger partial charge in [-0.2, -0.15) is 0 Å². The van der Waals surface area contributed by atoms with Gasteiger partial charge in [-0.25, -0.2) is 4.98 Å². The van der Waals surface area contributed by atoms with E-state index in [0.29, 0.717) is 22.8 Å². The fourth-order valence-corrected chi connectivity index (χ4v) is 3.77. The number of aryl methyl sites for hydroxylation is 1. The first kappa shape index (κ1) is 17.3. The maximum atomic E-state index is 12.3. The Hall–Kier alpha value is -3.13. The van der Waals surface area contributed by atoms with Gasteiger partial charge in [0.2, 0.25) is 6.79 Å². The number of hydrogen-bond acceptors (Lipinski definition) is 6. The van der Waals surface area contributed by atoms with E-state index in [0.717, 1.165) is 27.6 Å². The third-order valence-electron chi connectivity index (χ3n) is 4.25. The highest BCUT2D eigenvalue weighted by atomic mass is 32.1. The maximum Gasteiger partial charge on any atom is 0.273 e. The average Bonchev–Trinajstić information content (AvgIpc) is 3.35. The standard InChI is InChI=1S/C19H17N3O4S/c1-10-17(6-12-3-4-15-16(5-12)26-9-25-15)27-19(21-10)22-18(24)14-7-13(8-20-14)11(2)23/h3-5,7-8,20H,6,9H2,1-2H3,(H,21,22,24). The molecule has 138 valence electrons. The first-order valence-corrected chi connectivity index (χ1v) is 9.17. The number of amides is 1. The normalized spacial score (nSPS) is 12.2. The molecule has 0 fully saturated rings. The van der Waals surface area contributed by atoms with E-state index in [1.807, 2.05) is 25.1 Å². The van der Waals surface area contributed by atoms with E-state index in [-0.39, 0.29) is 18.5 Å². The highest BCUT2D eigenvalue weighted by Gasteiger charge is 2.17. The van der Waals surface area contributed by atoms with Gasteiger partial charge in [0, 0.05) is 23.1 Å². The second kappa shape index (κ2) is 6.88. The number of thiazole rings is 1. The molecule has 3 heterocycles. The van der Waals surface area contributed by atoms with Gasteiger partial charge >= 0.3 is 0 Å². The molecule has 0 radical (unpaired) electrons. The van der Waals surface area contributed by atoms with Crippen molar-refractivity contribution in [2.45, 2.75) is 20.3 Å². The number of aromatic amines is 1. The van der Waals surface area contributed by atoms with E-state index in [1.54, 1.807) is 0 Å². The number of carbonyl (C=O) groups is 2. The van der Waals surface area contributed by atoms with Crippen LogP contribution in [0.2, 0.25) is 0 Å². The second-order valence-corrected chi connectivity index (χ2v) is 7.29. The van der Waals surface area contributed by atoms with E-state index < -0.39 is 0 Å². The molecule has 1 aliphatic heterocycles. The van der Waals surface area contributed by atoms with Crippen LogP contribution in [0.4, 0.5) is 5.13 Å². The minimum Gasteiger partial charge on any atom is -0.454 e. The summed E-state index contributed by atoms with van der Waals surface area (Å²) in [5.74, 6) is 1.08. The van der Waals surface area contributed by atoms with Crippen LogP contribution in [0, 0.1) is 6.92 Å². The first-order chi connectivity index (χ1) is 13.0. The summed E-state index contributed by atoms with van der Waals surface area (Å²) >= 11 is 1.43. The van der Waals surface area contributed by atoms with Gasteiger partial charge in [-0.1, -0.05) is 6.07 Å². The Morgan fingerprint density at radius 3 is 2.85 bits per heavy atom. The van der Waals surface area contributed by atoms with Gasteiger partial charge in [0.15, 0.2) is 22.4 Å². The molecule has 1 aromatic carbocycles. The monoisotopic (exact) mass is 383 g/mol. The molecular formula is C19H17N3O4S. The predicted octanol–water partition coefficient (Wildman–Crippen LogP) is 3.55. The number of ether oxygens (including phenoxy) is 2. The summed E-state index contributed by atoms with van der Waals surface area (Å²) in [6.45, 7) is 3.62. The van der Waals surface area contributed by atoms with Gasteiger partial charge in [0.05, 0.1) is 5.69 Å². The number of hydrogen-bond donors (Lipinski definition) is 2. The van der Waals surface area contributed by atoms with E-state index in [1.165, 1.54) is 30.5 Å². The molecule has 4 rings (SSSR count). The number of fused-ring (bicyclic) bond motifs is 1. The van der Waals surface area contributed by atoms with Gasteiger partial charge in [-0.05, 0) is 37.6 Å². The number of rotatable bonds is 5. The van der Waals surface area contributed by atoms with Crippen molar-refractivity contribution in [3.05, 3.63) is 57.9 Å². The summed E-state index contributed by atoms with van der Waals surface area (Å²) in [6, 6.07) is 7.38. The van der Waals surface area contributed by atoms with Crippen molar-refractivity contribution in [2.24, 2.45) is 0 Å². The molecule has 0 saturated heterocycles. The predicted molar refractivity (Wildman–Crippen MR) is 101 cm³/mol. The molecule has 8 heteroatoms. The summed E-state index contributed by atoms with van der Waals surface area (Å²) in [4.78, 5) is 32.0. The summed E-state index contributed by atoms with van der Waals surface area (Å²) < 4.78 is 10.7. The molecule has 0 saturated carbocycles. The number of carbonyl (C=O) groups excluding carboxylic acids is 2. The average molecular weight is 383 g/mol. The fourth-order valence-electron chi connectivity index (χ4n) is 2.77. The van der Waals surface area contributed by atoms with Crippen LogP contribution in [0.3, 0.4) is 0 Å². The van der Waals surface area contributed by atoms with E-state index >= 15 is 0 Å². The van der Waals surface area contributed by atoms with Crippen molar-refractivity contribution in [2.75, 3.05) is 12.1 Å². The molecular weight excluding hydrogens is 366 g/mol. The second-order valence-electron chi connectivity index (χ2n) is 6.20. The lowest BCUT2D eigenvalue weighted by Gasteiger charge is -2.02. The van der Waals surface area contributed by atoms with Crippen LogP contribution in [0.1, 0.15) is 43.9 Å². The van der Waals surface area contributed by atoms with Gasteiger partial charge in [-0.3, -0.25) is 14.9 Å². The number of nitrogens with zero attached hydrogens (tertiary/aromatic N) is 1.